The predicted octanol–water partition coefficient (Wildman–Crippen LogP) is 1.03. The molecule has 4 nitrogen and oxygen atoms in total. The topological polar surface area (TPSA) is 72.2 Å². The number of hydrogen-bond acceptors (Lipinski definition) is 3. The highest BCUT2D eigenvalue weighted by molar-refractivity contribution is 5.90. The van der Waals surface area contributed by atoms with Crippen molar-refractivity contribution in [3.63, 3.8) is 0 Å². The quantitative estimate of drug-likeness (QED) is 0.542. The van der Waals surface area contributed by atoms with Gasteiger partial charge in [0.05, 0.1) is 5.92 Å². The summed E-state index contributed by atoms with van der Waals surface area (Å²) >= 11 is 0. The number of anilines is 1. The molecule has 0 aliphatic carbocycles. The van der Waals surface area contributed by atoms with Gasteiger partial charge in [-0.1, -0.05) is 18.2 Å². The second kappa shape index (κ2) is 5.80. The Morgan fingerprint density at radius 2 is 2.13 bits per heavy atom. The molecule has 82 valence electrons. The lowest BCUT2D eigenvalue weighted by Gasteiger charge is -2.08. The predicted molar refractivity (Wildman–Crippen MR) is 60.4 cm³/mol. The summed E-state index contributed by atoms with van der Waals surface area (Å²) in [6.07, 6.45) is 1.02. The van der Waals surface area contributed by atoms with Crippen molar-refractivity contribution in [3.8, 4) is 0 Å². The third kappa shape index (κ3) is 3.81. The van der Waals surface area contributed by atoms with E-state index in [1.807, 2.05) is 30.3 Å². The average molecular weight is 208 g/mol. The van der Waals surface area contributed by atoms with Crippen LogP contribution in [0.4, 0.5) is 5.69 Å². The van der Waals surface area contributed by atoms with Crippen LogP contribution in [0.15, 0.2) is 30.3 Å². The van der Waals surface area contributed by atoms with E-state index in [4.69, 9.17) is 5.73 Å². The highest BCUT2D eigenvalue weighted by Crippen LogP contribution is 2.06. The van der Waals surface area contributed by atoms with Crippen LogP contribution in [0, 0.1) is 5.92 Å². The van der Waals surface area contributed by atoms with E-state index in [-0.39, 0.29) is 1.43 Å². The van der Waals surface area contributed by atoms with Gasteiger partial charge in [-0.25, -0.2) is 0 Å². The van der Waals surface area contributed by atoms with Crippen LogP contribution in [0.1, 0.15) is 7.85 Å². The highest BCUT2D eigenvalue weighted by Gasteiger charge is 2.12. The average Bonchev–Trinajstić information content (AvgIpc) is 2.25. The molecule has 3 N–H and O–H groups in total. The van der Waals surface area contributed by atoms with Crippen LogP contribution in [0.2, 0.25) is 0 Å². The lowest BCUT2D eigenvalue weighted by atomic mass is 10.1. The number of hydrogen-bond donors (Lipinski definition) is 2. The van der Waals surface area contributed by atoms with Crippen molar-refractivity contribution in [3.05, 3.63) is 30.3 Å². The minimum Gasteiger partial charge on any atom is -0.385 e. The van der Waals surface area contributed by atoms with Gasteiger partial charge in [0, 0.05) is 13.7 Å². The van der Waals surface area contributed by atoms with Crippen LogP contribution >= 0.6 is 0 Å². The molecule has 1 unspecified atom stereocenters. The van der Waals surface area contributed by atoms with E-state index in [1.54, 1.807) is 0 Å². The van der Waals surface area contributed by atoms with E-state index in [1.165, 1.54) is 0 Å². The van der Waals surface area contributed by atoms with Crippen LogP contribution in [-0.4, -0.2) is 18.7 Å². The summed E-state index contributed by atoms with van der Waals surface area (Å²) in [5, 5.41) is 3.10. The zero-order valence-electron chi connectivity index (χ0n) is 8.35. The molecular formula is C11H16N2O2. The van der Waals surface area contributed by atoms with Crippen molar-refractivity contribution in [1.29, 1.82) is 0 Å². The molecule has 0 saturated heterocycles. The SMILES string of the molecule is NC(=O)C(C=O)CCNc1ccccc1.[HH]. The number of carbonyl (C=O) groups is 2. The number of carbonyl (C=O) groups excluding carboxylic acids is 2. The van der Waals surface area contributed by atoms with Gasteiger partial charge in [-0.15, -0.1) is 0 Å². The van der Waals surface area contributed by atoms with E-state index < -0.39 is 11.8 Å². The van der Waals surface area contributed by atoms with Gasteiger partial charge in [0.25, 0.3) is 0 Å². The number of benzene rings is 1. The molecule has 0 fully saturated rings. The maximum atomic E-state index is 10.7. The zero-order valence-corrected chi connectivity index (χ0v) is 8.35. The molecule has 0 bridgehead atoms. The summed E-state index contributed by atoms with van der Waals surface area (Å²) in [5.74, 6) is -1.26. The van der Waals surface area contributed by atoms with Crippen LogP contribution in [-0.2, 0) is 9.59 Å². The van der Waals surface area contributed by atoms with E-state index in [0.29, 0.717) is 19.3 Å². The molecule has 15 heavy (non-hydrogen) atoms. The molecule has 0 heterocycles. The summed E-state index contributed by atoms with van der Waals surface area (Å²) in [6.45, 7) is 0.552. The Labute approximate surface area is 90.0 Å². The Morgan fingerprint density at radius 1 is 1.47 bits per heavy atom. The van der Waals surface area contributed by atoms with Gasteiger partial charge in [0.15, 0.2) is 0 Å². The van der Waals surface area contributed by atoms with Gasteiger partial charge >= 0.3 is 0 Å². The molecule has 0 aliphatic heterocycles. The van der Waals surface area contributed by atoms with E-state index in [9.17, 15) is 9.59 Å². The summed E-state index contributed by atoms with van der Waals surface area (Å²) in [6, 6.07) is 9.57. The van der Waals surface area contributed by atoms with E-state index >= 15 is 0 Å². The largest absolute Gasteiger partial charge is 0.385 e. The first kappa shape index (κ1) is 11.2. The standard InChI is InChI=1S/C11H14N2O2.H2/c12-11(15)9(8-14)6-7-13-10-4-2-1-3-5-10;/h1-5,8-9,13H,6-7H2,(H2,12,15);1H. The molecule has 1 atom stereocenters. The highest BCUT2D eigenvalue weighted by atomic mass is 16.2. The smallest absolute Gasteiger partial charge is 0.227 e. The Balaban J connectivity index is 0.00000225. The monoisotopic (exact) mass is 208 g/mol. The van der Waals surface area contributed by atoms with Crippen molar-refractivity contribution in [2.24, 2.45) is 11.7 Å². The first-order valence-electron chi connectivity index (χ1n) is 4.77. The number of nitrogens with one attached hydrogen (secondary N) is 1. The molecular weight excluding hydrogens is 192 g/mol. The molecule has 1 rings (SSSR count). The van der Waals surface area contributed by atoms with Gasteiger partial charge in [0.2, 0.25) is 5.91 Å². The maximum absolute atomic E-state index is 10.7. The molecule has 1 aromatic rings. The summed E-state index contributed by atoms with van der Waals surface area (Å²) in [4.78, 5) is 21.2. The molecule has 1 amide bonds. The Morgan fingerprint density at radius 3 is 2.67 bits per heavy atom. The molecule has 0 aliphatic rings. The summed E-state index contributed by atoms with van der Waals surface area (Å²) < 4.78 is 0. The number of primary amides is 1. The minimum atomic E-state index is -0.693. The fourth-order valence-corrected chi connectivity index (χ4v) is 1.21. The molecule has 0 radical (unpaired) electrons. The summed E-state index contributed by atoms with van der Waals surface area (Å²) in [7, 11) is 0. The van der Waals surface area contributed by atoms with Crippen LogP contribution in [0.5, 0.6) is 0 Å². The second-order valence-electron chi connectivity index (χ2n) is 3.23. The van der Waals surface area contributed by atoms with Gasteiger partial charge in [0.1, 0.15) is 6.29 Å². The molecule has 0 aromatic heterocycles. The van der Waals surface area contributed by atoms with Crippen LogP contribution in [0.25, 0.3) is 0 Å². The van der Waals surface area contributed by atoms with Crippen molar-refractivity contribution in [2.45, 2.75) is 6.42 Å². The lowest BCUT2D eigenvalue weighted by Crippen LogP contribution is -2.26. The maximum Gasteiger partial charge on any atom is 0.227 e. The molecule has 0 saturated carbocycles. The van der Waals surface area contributed by atoms with Crippen LogP contribution in [0.3, 0.4) is 0 Å². The normalized spacial score (nSPS) is 11.7. The van der Waals surface area contributed by atoms with Gasteiger partial charge in [-0.3, -0.25) is 4.79 Å². The third-order valence-corrected chi connectivity index (χ3v) is 2.09. The minimum absolute atomic E-state index is 0. The van der Waals surface area contributed by atoms with Gasteiger partial charge in [-0.05, 0) is 18.6 Å². The van der Waals surface area contributed by atoms with Crippen molar-refractivity contribution >= 4 is 17.9 Å². The third-order valence-electron chi connectivity index (χ3n) is 2.09. The molecule has 4 heteroatoms. The fourth-order valence-electron chi connectivity index (χ4n) is 1.21. The Hall–Kier alpha value is -1.84. The number of para-hydroxylation sites is 1. The second-order valence-corrected chi connectivity index (χ2v) is 3.23. The van der Waals surface area contributed by atoms with Gasteiger partial charge < -0.3 is 15.8 Å². The number of aldehydes is 1. The van der Waals surface area contributed by atoms with Gasteiger partial charge in [-0.2, -0.15) is 0 Å². The fraction of sp³-hybridized carbons (Fsp3) is 0.273. The summed E-state index contributed by atoms with van der Waals surface area (Å²) in [5.41, 5.74) is 5.99. The first-order valence-corrected chi connectivity index (χ1v) is 4.77. The lowest BCUT2D eigenvalue weighted by molar-refractivity contribution is -0.126. The van der Waals surface area contributed by atoms with E-state index in [2.05, 4.69) is 5.32 Å². The molecule has 1 aromatic carbocycles. The van der Waals surface area contributed by atoms with E-state index in [0.717, 1.165) is 5.69 Å². The number of amides is 1. The zero-order chi connectivity index (χ0) is 11.1. The first-order chi connectivity index (χ1) is 7.24. The number of rotatable bonds is 6. The Bertz CT molecular complexity index is 330. The molecule has 0 spiro atoms. The Kier molecular flexibility index (Phi) is 4.34. The number of nitrogens with two attached hydrogens (primary N) is 1. The van der Waals surface area contributed by atoms with Crippen molar-refractivity contribution in [2.75, 3.05) is 11.9 Å². The van der Waals surface area contributed by atoms with Crippen LogP contribution < -0.4 is 11.1 Å². The van der Waals surface area contributed by atoms with Crippen molar-refractivity contribution in [1.82, 2.24) is 0 Å². The van der Waals surface area contributed by atoms with Crippen molar-refractivity contribution < 1.29 is 11.0 Å².